The first kappa shape index (κ1) is 16.8. The molecule has 1 heterocycles. The minimum Gasteiger partial charge on any atom is -0.466 e. The predicted octanol–water partition coefficient (Wildman–Crippen LogP) is 3.12. The van der Waals surface area contributed by atoms with Crippen LogP contribution in [0, 0.1) is 26.7 Å². The molecule has 1 atom stereocenters. The fraction of sp³-hybridized carbons (Fsp3) is 0.688. The Labute approximate surface area is 121 Å². The first-order chi connectivity index (χ1) is 9.14. The molecule has 1 aromatic heterocycles. The van der Waals surface area contributed by atoms with Gasteiger partial charge in [0.1, 0.15) is 11.5 Å². The predicted molar refractivity (Wildman–Crippen MR) is 79.9 cm³/mol. The summed E-state index contributed by atoms with van der Waals surface area (Å²) >= 11 is 0. The van der Waals surface area contributed by atoms with E-state index >= 15 is 0 Å². The molecule has 1 amide bonds. The van der Waals surface area contributed by atoms with Crippen molar-refractivity contribution in [1.82, 2.24) is 5.32 Å². The van der Waals surface area contributed by atoms with E-state index in [0.29, 0.717) is 23.7 Å². The summed E-state index contributed by atoms with van der Waals surface area (Å²) in [5, 5.41) is 13.1. The lowest BCUT2D eigenvalue weighted by atomic mass is 9.95. The molecule has 1 rings (SSSR count). The van der Waals surface area contributed by atoms with Crippen LogP contribution in [0.3, 0.4) is 0 Å². The number of hydrogen-bond donors (Lipinski definition) is 2. The van der Waals surface area contributed by atoms with Crippen molar-refractivity contribution in [3.8, 4) is 0 Å². The van der Waals surface area contributed by atoms with Gasteiger partial charge >= 0.3 is 0 Å². The van der Waals surface area contributed by atoms with Gasteiger partial charge in [-0.05, 0) is 46.5 Å². The van der Waals surface area contributed by atoms with Crippen LogP contribution in [-0.4, -0.2) is 23.2 Å². The Morgan fingerprint density at radius 1 is 1.30 bits per heavy atom. The molecule has 1 unspecified atom stereocenters. The van der Waals surface area contributed by atoms with Gasteiger partial charge in [-0.2, -0.15) is 0 Å². The second-order valence-corrected chi connectivity index (χ2v) is 6.33. The zero-order chi connectivity index (χ0) is 15.5. The molecule has 2 N–H and O–H groups in total. The standard InChI is InChI=1S/C16H27NO3/c1-10(2)7-8-16(6,19)9-17-15(18)14-11(3)12(4)20-13(14)5/h10,19H,7-9H2,1-6H3,(H,17,18). The van der Waals surface area contributed by atoms with E-state index in [0.717, 1.165) is 17.7 Å². The molecule has 0 bridgehead atoms. The minimum atomic E-state index is -0.874. The summed E-state index contributed by atoms with van der Waals surface area (Å²) in [7, 11) is 0. The van der Waals surface area contributed by atoms with Crippen LogP contribution in [0.25, 0.3) is 0 Å². The van der Waals surface area contributed by atoms with Crippen molar-refractivity contribution < 1.29 is 14.3 Å². The highest BCUT2D eigenvalue weighted by Crippen LogP contribution is 2.21. The number of carbonyl (C=O) groups is 1. The van der Waals surface area contributed by atoms with E-state index in [-0.39, 0.29) is 12.5 Å². The third kappa shape index (κ3) is 4.37. The number of carbonyl (C=O) groups excluding carboxylic acids is 1. The van der Waals surface area contributed by atoms with Gasteiger partial charge in [0.25, 0.3) is 5.91 Å². The molecule has 114 valence electrons. The maximum Gasteiger partial charge on any atom is 0.255 e. The van der Waals surface area contributed by atoms with Crippen LogP contribution < -0.4 is 5.32 Å². The molecule has 0 aliphatic heterocycles. The van der Waals surface area contributed by atoms with E-state index in [4.69, 9.17) is 4.42 Å². The summed E-state index contributed by atoms with van der Waals surface area (Å²) < 4.78 is 5.45. The quantitative estimate of drug-likeness (QED) is 0.842. The fourth-order valence-corrected chi connectivity index (χ4v) is 2.17. The van der Waals surface area contributed by atoms with Gasteiger partial charge in [-0.25, -0.2) is 0 Å². The number of aliphatic hydroxyl groups is 1. The molecule has 4 nitrogen and oxygen atoms in total. The van der Waals surface area contributed by atoms with Crippen LogP contribution in [0.2, 0.25) is 0 Å². The number of furan rings is 1. The normalized spacial score (nSPS) is 14.4. The molecule has 0 radical (unpaired) electrons. The number of nitrogens with one attached hydrogen (secondary N) is 1. The van der Waals surface area contributed by atoms with Crippen molar-refractivity contribution in [1.29, 1.82) is 0 Å². The van der Waals surface area contributed by atoms with E-state index in [1.165, 1.54) is 0 Å². The third-order valence-corrected chi connectivity index (χ3v) is 3.68. The Kier molecular flexibility index (Phi) is 5.40. The largest absolute Gasteiger partial charge is 0.466 e. The molecule has 4 heteroatoms. The first-order valence-electron chi connectivity index (χ1n) is 7.21. The first-order valence-corrected chi connectivity index (χ1v) is 7.21. The summed E-state index contributed by atoms with van der Waals surface area (Å²) in [5.41, 5.74) is 0.574. The van der Waals surface area contributed by atoms with Gasteiger partial charge in [-0.15, -0.1) is 0 Å². The van der Waals surface area contributed by atoms with Gasteiger partial charge in [0.05, 0.1) is 11.2 Å². The Balaban J connectivity index is 2.63. The van der Waals surface area contributed by atoms with Crippen molar-refractivity contribution in [3.05, 3.63) is 22.6 Å². The molecule has 0 saturated heterocycles. The number of hydrogen-bond acceptors (Lipinski definition) is 3. The maximum absolute atomic E-state index is 12.2. The number of aryl methyl sites for hydroxylation is 2. The van der Waals surface area contributed by atoms with Crippen LogP contribution in [0.5, 0.6) is 0 Å². The highest BCUT2D eigenvalue weighted by molar-refractivity contribution is 5.96. The lowest BCUT2D eigenvalue weighted by Gasteiger charge is -2.24. The average Bonchev–Trinajstić information content (AvgIpc) is 2.58. The summed E-state index contributed by atoms with van der Waals surface area (Å²) in [6, 6.07) is 0. The van der Waals surface area contributed by atoms with Gasteiger partial charge in [0.2, 0.25) is 0 Å². The van der Waals surface area contributed by atoms with Crippen LogP contribution in [-0.2, 0) is 0 Å². The minimum absolute atomic E-state index is 0.179. The fourth-order valence-electron chi connectivity index (χ4n) is 2.17. The van der Waals surface area contributed by atoms with E-state index in [2.05, 4.69) is 19.2 Å². The van der Waals surface area contributed by atoms with Gasteiger partial charge < -0.3 is 14.8 Å². The van der Waals surface area contributed by atoms with Gasteiger partial charge in [-0.3, -0.25) is 4.79 Å². The number of amides is 1. The van der Waals surface area contributed by atoms with E-state index in [1.54, 1.807) is 13.8 Å². The smallest absolute Gasteiger partial charge is 0.255 e. The Bertz CT molecular complexity index is 472. The van der Waals surface area contributed by atoms with Crippen LogP contribution >= 0.6 is 0 Å². The third-order valence-electron chi connectivity index (χ3n) is 3.68. The van der Waals surface area contributed by atoms with Crippen molar-refractivity contribution in [2.75, 3.05) is 6.54 Å². The second-order valence-electron chi connectivity index (χ2n) is 6.33. The Morgan fingerprint density at radius 2 is 1.90 bits per heavy atom. The van der Waals surface area contributed by atoms with E-state index in [1.807, 2.05) is 13.8 Å². The van der Waals surface area contributed by atoms with Crippen LogP contribution in [0.1, 0.15) is 61.1 Å². The highest BCUT2D eigenvalue weighted by Gasteiger charge is 2.24. The maximum atomic E-state index is 12.2. The van der Waals surface area contributed by atoms with Crippen molar-refractivity contribution in [2.24, 2.45) is 5.92 Å². The van der Waals surface area contributed by atoms with Crippen molar-refractivity contribution in [2.45, 2.75) is 60.0 Å². The summed E-state index contributed by atoms with van der Waals surface area (Å²) in [6.07, 6.45) is 1.61. The SMILES string of the molecule is Cc1oc(C)c(C(=O)NCC(C)(O)CCC(C)C)c1C. The molecular weight excluding hydrogens is 254 g/mol. The summed E-state index contributed by atoms with van der Waals surface area (Å²) in [4.78, 5) is 12.2. The lowest BCUT2D eigenvalue weighted by Crippen LogP contribution is -2.41. The summed E-state index contributed by atoms with van der Waals surface area (Å²) in [5.74, 6) is 1.75. The number of rotatable bonds is 6. The summed E-state index contributed by atoms with van der Waals surface area (Å²) in [6.45, 7) is 11.8. The molecule has 20 heavy (non-hydrogen) atoms. The molecule has 0 aromatic carbocycles. The molecule has 0 aliphatic rings. The zero-order valence-corrected chi connectivity index (χ0v) is 13.5. The van der Waals surface area contributed by atoms with E-state index in [9.17, 15) is 9.90 Å². The molecule has 0 fully saturated rings. The molecule has 0 spiro atoms. The molecule has 0 saturated carbocycles. The van der Waals surface area contributed by atoms with Crippen molar-refractivity contribution in [3.63, 3.8) is 0 Å². The zero-order valence-electron chi connectivity index (χ0n) is 13.5. The average molecular weight is 281 g/mol. The van der Waals surface area contributed by atoms with Crippen LogP contribution in [0.15, 0.2) is 4.42 Å². The Hall–Kier alpha value is -1.29. The molecule has 1 aromatic rings. The lowest BCUT2D eigenvalue weighted by molar-refractivity contribution is 0.0429. The highest BCUT2D eigenvalue weighted by atomic mass is 16.3. The second kappa shape index (κ2) is 6.44. The molecule has 0 aliphatic carbocycles. The van der Waals surface area contributed by atoms with Gasteiger partial charge in [0, 0.05) is 12.1 Å². The topological polar surface area (TPSA) is 62.5 Å². The van der Waals surface area contributed by atoms with E-state index < -0.39 is 5.60 Å². The Morgan fingerprint density at radius 3 is 2.35 bits per heavy atom. The monoisotopic (exact) mass is 281 g/mol. The van der Waals surface area contributed by atoms with Crippen LogP contribution in [0.4, 0.5) is 0 Å². The molecular formula is C16H27NO3. The van der Waals surface area contributed by atoms with Gasteiger partial charge in [0.15, 0.2) is 0 Å². The van der Waals surface area contributed by atoms with Gasteiger partial charge in [-0.1, -0.05) is 13.8 Å². The van der Waals surface area contributed by atoms with Crippen molar-refractivity contribution >= 4 is 5.91 Å².